The van der Waals surface area contributed by atoms with E-state index in [4.69, 9.17) is 11.2 Å². The molecule has 1 aromatic carbocycles. The van der Waals surface area contributed by atoms with Crippen molar-refractivity contribution in [1.29, 1.82) is 0 Å². The highest BCUT2D eigenvalue weighted by atomic mass is 16.5. The van der Waals surface area contributed by atoms with Crippen LogP contribution in [0, 0.1) is 12.3 Å². The van der Waals surface area contributed by atoms with Crippen LogP contribution in [-0.4, -0.2) is 37.3 Å². The highest BCUT2D eigenvalue weighted by molar-refractivity contribution is 6.84. The van der Waals surface area contributed by atoms with Crippen molar-refractivity contribution in [2.24, 2.45) is 10.1 Å². The first-order valence-electron chi connectivity index (χ1n) is 7.38. The summed E-state index contributed by atoms with van der Waals surface area (Å²) in [5.74, 6) is 3.38. The van der Waals surface area contributed by atoms with Gasteiger partial charge in [-0.2, -0.15) is 5.10 Å². The molecule has 0 unspecified atom stereocenters. The number of hydrazone groups is 1. The van der Waals surface area contributed by atoms with Gasteiger partial charge in [-0.05, 0) is 30.7 Å². The second kappa shape index (κ2) is 8.04. The molecule has 0 amide bonds. The van der Waals surface area contributed by atoms with Gasteiger partial charge in [0, 0.05) is 29.8 Å². The van der Waals surface area contributed by atoms with Crippen LogP contribution < -0.4 is 4.74 Å². The lowest BCUT2D eigenvalue weighted by atomic mass is 9.65. The molecule has 1 aliphatic rings. The first-order chi connectivity index (χ1) is 11.2. The summed E-state index contributed by atoms with van der Waals surface area (Å²) < 4.78 is 5.81. The summed E-state index contributed by atoms with van der Waals surface area (Å²) in [7, 11) is 2.02. The first kappa shape index (κ1) is 16.6. The molecule has 1 heterocycles. The zero-order valence-corrected chi connectivity index (χ0v) is 13.5. The molecule has 0 saturated heterocycles. The molecule has 1 radical (unpaired) electrons. The fraction of sp³-hybridized carbons (Fsp3) is 0.222. The van der Waals surface area contributed by atoms with Crippen molar-refractivity contribution in [1.82, 2.24) is 5.01 Å². The number of hydrogen-bond donors (Lipinski definition) is 0. The van der Waals surface area contributed by atoms with Gasteiger partial charge in [0.25, 0.3) is 0 Å². The van der Waals surface area contributed by atoms with Gasteiger partial charge in [-0.3, -0.25) is 10.0 Å². The molecule has 0 spiro atoms. The summed E-state index contributed by atoms with van der Waals surface area (Å²) in [6.45, 7) is 8.66. The summed E-state index contributed by atoms with van der Waals surface area (Å²) in [4.78, 5) is 4.38. The molecule has 0 aliphatic carbocycles. The minimum absolute atomic E-state index is 0.476. The molecular formula is C18H19BN3O. The van der Waals surface area contributed by atoms with Gasteiger partial charge in [-0.1, -0.05) is 24.9 Å². The molecule has 115 valence electrons. The second-order valence-electron chi connectivity index (χ2n) is 4.99. The Morgan fingerprint density at radius 1 is 1.48 bits per heavy atom. The van der Waals surface area contributed by atoms with Gasteiger partial charge in [0.1, 0.15) is 12.4 Å². The van der Waals surface area contributed by atoms with Crippen LogP contribution in [0.4, 0.5) is 0 Å². The third-order valence-corrected chi connectivity index (χ3v) is 3.20. The molecule has 0 atom stereocenters. The van der Waals surface area contributed by atoms with E-state index in [1.807, 2.05) is 45.5 Å². The molecule has 4 nitrogen and oxygen atoms in total. The molecule has 1 aromatic rings. The zero-order chi connectivity index (χ0) is 16.7. The molecule has 0 aromatic heterocycles. The van der Waals surface area contributed by atoms with E-state index in [9.17, 15) is 0 Å². The minimum atomic E-state index is 0.476. The Balaban J connectivity index is 2.07. The van der Waals surface area contributed by atoms with E-state index in [1.165, 1.54) is 0 Å². The number of terminal acetylenes is 1. The predicted octanol–water partition coefficient (Wildman–Crippen LogP) is 2.82. The average Bonchev–Trinajstić information content (AvgIpc) is 3.00. The number of rotatable bonds is 7. The fourth-order valence-corrected chi connectivity index (χ4v) is 2.13. The third kappa shape index (κ3) is 4.62. The summed E-state index contributed by atoms with van der Waals surface area (Å²) in [6.07, 6.45) is 10.7. The minimum Gasteiger partial charge on any atom is -0.492 e. The lowest BCUT2D eigenvalue weighted by Gasteiger charge is -2.15. The molecule has 0 bridgehead atoms. The number of hydrogen-bond acceptors (Lipinski definition) is 4. The highest BCUT2D eigenvalue weighted by Gasteiger charge is 2.13. The van der Waals surface area contributed by atoms with Crippen LogP contribution in [0.1, 0.15) is 25.0 Å². The van der Waals surface area contributed by atoms with Crippen molar-refractivity contribution in [3.63, 3.8) is 0 Å². The van der Waals surface area contributed by atoms with E-state index in [1.54, 1.807) is 17.4 Å². The SMILES string of the molecule is C#Cc1cc(OCCN(C=C)/N=C\C)cc(C2=NC=C(C)[B]2)c1. The monoisotopic (exact) mass is 304 g/mol. The van der Waals surface area contributed by atoms with Gasteiger partial charge in [-0.15, -0.1) is 6.42 Å². The highest BCUT2D eigenvalue weighted by Crippen LogP contribution is 2.20. The van der Waals surface area contributed by atoms with E-state index in [0.717, 1.165) is 28.0 Å². The van der Waals surface area contributed by atoms with E-state index in [-0.39, 0.29) is 0 Å². The van der Waals surface area contributed by atoms with Gasteiger partial charge >= 0.3 is 0 Å². The Morgan fingerprint density at radius 3 is 2.91 bits per heavy atom. The Hall–Kier alpha value is -2.74. The van der Waals surface area contributed by atoms with Gasteiger partial charge in [0.15, 0.2) is 0 Å². The van der Waals surface area contributed by atoms with Crippen LogP contribution in [0.5, 0.6) is 5.75 Å². The summed E-state index contributed by atoms with van der Waals surface area (Å²) in [5.41, 5.74) is 3.74. The van der Waals surface area contributed by atoms with E-state index in [2.05, 4.69) is 22.6 Å². The molecule has 0 saturated carbocycles. The van der Waals surface area contributed by atoms with Crippen molar-refractivity contribution in [3.05, 3.63) is 53.8 Å². The zero-order valence-electron chi connectivity index (χ0n) is 13.5. The number of aliphatic imine (C=N–C) groups is 1. The van der Waals surface area contributed by atoms with Crippen molar-refractivity contribution in [2.45, 2.75) is 13.8 Å². The van der Waals surface area contributed by atoms with Gasteiger partial charge < -0.3 is 4.74 Å². The number of ether oxygens (including phenoxy) is 1. The predicted molar refractivity (Wildman–Crippen MR) is 97.0 cm³/mol. The maximum atomic E-state index is 5.81. The van der Waals surface area contributed by atoms with Crippen molar-refractivity contribution in [2.75, 3.05) is 13.2 Å². The van der Waals surface area contributed by atoms with Gasteiger partial charge in [0.05, 0.1) is 6.54 Å². The maximum absolute atomic E-state index is 5.81. The smallest absolute Gasteiger partial charge is 0.213 e. The lowest BCUT2D eigenvalue weighted by Crippen LogP contribution is -2.18. The summed E-state index contributed by atoms with van der Waals surface area (Å²) in [5, 5.41) is 5.86. The topological polar surface area (TPSA) is 37.2 Å². The fourth-order valence-electron chi connectivity index (χ4n) is 2.13. The molecule has 2 rings (SSSR count). The Morgan fingerprint density at radius 2 is 2.30 bits per heavy atom. The van der Waals surface area contributed by atoms with Crippen LogP contribution in [0.3, 0.4) is 0 Å². The maximum Gasteiger partial charge on any atom is 0.213 e. The molecule has 1 aliphatic heterocycles. The molecular weight excluding hydrogens is 285 g/mol. The number of nitrogens with zero attached hydrogens (tertiary/aromatic N) is 3. The van der Waals surface area contributed by atoms with Crippen LogP contribution in [0.15, 0.2) is 52.7 Å². The van der Waals surface area contributed by atoms with Gasteiger partial charge in [-0.25, -0.2) is 0 Å². The normalized spacial score (nSPS) is 13.1. The van der Waals surface area contributed by atoms with Gasteiger partial charge in [0.2, 0.25) is 7.28 Å². The largest absolute Gasteiger partial charge is 0.492 e. The number of allylic oxidation sites excluding steroid dienone is 1. The van der Waals surface area contributed by atoms with Crippen molar-refractivity contribution < 1.29 is 4.74 Å². The molecule has 5 heteroatoms. The van der Waals surface area contributed by atoms with Crippen LogP contribution >= 0.6 is 0 Å². The van der Waals surface area contributed by atoms with Crippen molar-refractivity contribution in [3.8, 4) is 18.1 Å². The van der Waals surface area contributed by atoms with E-state index >= 15 is 0 Å². The molecule has 0 fully saturated rings. The van der Waals surface area contributed by atoms with Crippen LogP contribution in [0.2, 0.25) is 0 Å². The summed E-state index contributed by atoms with van der Waals surface area (Å²) >= 11 is 0. The second-order valence-corrected chi connectivity index (χ2v) is 4.99. The Bertz CT molecular complexity index is 713. The molecule has 23 heavy (non-hydrogen) atoms. The van der Waals surface area contributed by atoms with Crippen molar-refractivity contribution >= 4 is 19.1 Å². The lowest BCUT2D eigenvalue weighted by molar-refractivity contribution is 0.260. The quantitative estimate of drug-likeness (QED) is 0.336. The molecule has 0 N–H and O–H groups in total. The van der Waals surface area contributed by atoms with Crippen LogP contribution in [0.25, 0.3) is 0 Å². The summed E-state index contributed by atoms with van der Waals surface area (Å²) in [6, 6.07) is 5.73. The average molecular weight is 304 g/mol. The van der Waals surface area contributed by atoms with Crippen LogP contribution in [-0.2, 0) is 0 Å². The third-order valence-electron chi connectivity index (χ3n) is 3.20. The Labute approximate surface area is 138 Å². The number of benzene rings is 1. The first-order valence-corrected chi connectivity index (χ1v) is 7.38. The van der Waals surface area contributed by atoms with E-state index in [0.29, 0.717) is 13.2 Å². The van der Waals surface area contributed by atoms with E-state index < -0.39 is 0 Å². The standard InChI is InChI=1S/C18H19BN3O/c1-5-15-10-16(18-19-14(4)13-20-18)12-17(11-15)23-9-8-22(7-3)21-6-2/h1,6-7,10-13H,3,8-9H2,2,4H3/b21-6-. The Kier molecular flexibility index (Phi) is 5.82.